The number of nitrogens with zero attached hydrogens (tertiary/aromatic N) is 2. The molecule has 2 aromatic rings. The van der Waals surface area contributed by atoms with E-state index in [1.165, 1.54) is 18.2 Å². The highest BCUT2D eigenvalue weighted by atomic mass is 19.4. The van der Waals surface area contributed by atoms with Crippen LogP contribution in [0.4, 0.5) is 13.2 Å². The predicted molar refractivity (Wildman–Crippen MR) is 74.1 cm³/mol. The molecule has 0 spiro atoms. The minimum Gasteiger partial charge on any atom is -0.420 e. The number of alkyl halides is 3. The average molecular weight is 320 g/mol. The van der Waals surface area contributed by atoms with E-state index in [0.717, 1.165) is 6.07 Å². The van der Waals surface area contributed by atoms with Crippen molar-refractivity contribution in [2.45, 2.75) is 19.0 Å². The summed E-state index contributed by atoms with van der Waals surface area (Å²) in [5.41, 5.74) is 5.65. The number of H-pyrrole nitrogens is 1. The number of halogens is 3. The smallest absolute Gasteiger partial charge is 0.416 e. The fraction of sp³-hybridized carbons (Fsp3) is 0.200. The summed E-state index contributed by atoms with van der Waals surface area (Å²) in [6, 6.07) is 6.96. The van der Waals surface area contributed by atoms with Crippen molar-refractivity contribution in [1.82, 2.24) is 10.2 Å². The Labute approximate surface area is 129 Å². The minimum absolute atomic E-state index is 0.0615. The molecule has 1 unspecified atom stereocenters. The van der Waals surface area contributed by atoms with Crippen LogP contribution in [0.1, 0.15) is 28.3 Å². The minimum atomic E-state index is -4.55. The Bertz CT molecular complexity index is 845. The van der Waals surface area contributed by atoms with E-state index in [1.807, 2.05) is 6.07 Å². The lowest BCUT2D eigenvalue weighted by molar-refractivity contribution is -0.138. The Balaban J connectivity index is 2.31. The first-order valence-electron chi connectivity index (χ1n) is 6.63. The standard InChI is InChI=1S/C15H11F3N4O/c1-7-11-12(8-4-2-3-5-10(8)15(16,17)18)9(6-19)13(20)23-14(11)22-21-7/h2-5,12H,20H2,1H3,(H,21,22). The molecule has 1 atom stereocenters. The Morgan fingerprint density at radius 1 is 1.35 bits per heavy atom. The summed E-state index contributed by atoms with van der Waals surface area (Å²) in [6.07, 6.45) is -4.55. The van der Waals surface area contributed by atoms with E-state index in [-0.39, 0.29) is 22.9 Å². The summed E-state index contributed by atoms with van der Waals surface area (Å²) < 4.78 is 45.3. The number of hydrogen-bond acceptors (Lipinski definition) is 4. The molecule has 23 heavy (non-hydrogen) atoms. The Morgan fingerprint density at radius 2 is 2.04 bits per heavy atom. The Hall–Kier alpha value is -2.95. The van der Waals surface area contributed by atoms with Gasteiger partial charge in [-0.2, -0.15) is 18.4 Å². The van der Waals surface area contributed by atoms with Gasteiger partial charge in [0, 0.05) is 11.3 Å². The largest absolute Gasteiger partial charge is 0.420 e. The van der Waals surface area contributed by atoms with E-state index in [9.17, 15) is 18.4 Å². The molecule has 0 bridgehead atoms. The normalized spacial score (nSPS) is 17.4. The third kappa shape index (κ3) is 2.30. The highest BCUT2D eigenvalue weighted by Crippen LogP contribution is 2.46. The number of nitriles is 1. The molecule has 0 saturated carbocycles. The molecule has 1 aliphatic heterocycles. The molecular formula is C15H11F3N4O. The third-order valence-corrected chi connectivity index (χ3v) is 3.71. The highest BCUT2D eigenvalue weighted by molar-refractivity contribution is 5.56. The van der Waals surface area contributed by atoms with Crippen molar-refractivity contribution >= 4 is 0 Å². The monoisotopic (exact) mass is 320 g/mol. The van der Waals surface area contributed by atoms with Crippen molar-refractivity contribution in [3.05, 3.63) is 58.1 Å². The molecule has 0 amide bonds. The van der Waals surface area contributed by atoms with Gasteiger partial charge in [0.1, 0.15) is 11.6 Å². The number of allylic oxidation sites excluding steroid dienone is 1. The molecule has 2 heterocycles. The van der Waals surface area contributed by atoms with Crippen LogP contribution in [-0.2, 0) is 6.18 Å². The molecule has 8 heteroatoms. The summed E-state index contributed by atoms with van der Waals surface area (Å²) in [6.45, 7) is 1.65. The number of benzene rings is 1. The molecule has 1 aliphatic rings. The topological polar surface area (TPSA) is 87.7 Å². The van der Waals surface area contributed by atoms with E-state index in [4.69, 9.17) is 10.5 Å². The van der Waals surface area contributed by atoms with Crippen LogP contribution in [-0.4, -0.2) is 10.2 Å². The lowest BCUT2D eigenvalue weighted by atomic mass is 9.82. The van der Waals surface area contributed by atoms with Crippen molar-refractivity contribution in [1.29, 1.82) is 5.26 Å². The van der Waals surface area contributed by atoms with Crippen LogP contribution in [0.5, 0.6) is 5.88 Å². The zero-order chi connectivity index (χ0) is 16.8. The first-order valence-corrected chi connectivity index (χ1v) is 6.63. The maximum atomic E-state index is 13.3. The van der Waals surface area contributed by atoms with Crippen LogP contribution in [0, 0.1) is 18.3 Å². The van der Waals surface area contributed by atoms with E-state index < -0.39 is 17.7 Å². The third-order valence-electron chi connectivity index (χ3n) is 3.71. The van der Waals surface area contributed by atoms with Crippen LogP contribution >= 0.6 is 0 Å². The van der Waals surface area contributed by atoms with Gasteiger partial charge in [-0.3, -0.25) is 5.10 Å². The van der Waals surface area contributed by atoms with Crippen molar-refractivity contribution in [2.24, 2.45) is 5.73 Å². The van der Waals surface area contributed by atoms with Crippen molar-refractivity contribution < 1.29 is 17.9 Å². The number of hydrogen-bond donors (Lipinski definition) is 2. The Kier molecular flexibility index (Phi) is 3.29. The molecule has 0 saturated heterocycles. The maximum Gasteiger partial charge on any atom is 0.416 e. The van der Waals surface area contributed by atoms with Crippen molar-refractivity contribution in [2.75, 3.05) is 0 Å². The van der Waals surface area contributed by atoms with Gasteiger partial charge in [-0.1, -0.05) is 18.2 Å². The number of ether oxygens (including phenoxy) is 1. The second-order valence-corrected chi connectivity index (χ2v) is 5.08. The number of nitrogens with two attached hydrogens (primary N) is 1. The zero-order valence-electron chi connectivity index (χ0n) is 11.9. The van der Waals surface area contributed by atoms with Gasteiger partial charge in [0.05, 0.1) is 11.5 Å². The summed E-state index contributed by atoms with van der Waals surface area (Å²) in [7, 11) is 0. The highest BCUT2D eigenvalue weighted by Gasteiger charge is 2.40. The van der Waals surface area contributed by atoms with Crippen molar-refractivity contribution in [3.63, 3.8) is 0 Å². The van der Waals surface area contributed by atoms with E-state index in [2.05, 4.69) is 10.2 Å². The molecule has 118 valence electrons. The number of aromatic nitrogens is 2. The summed E-state index contributed by atoms with van der Waals surface area (Å²) >= 11 is 0. The van der Waals surface area contributed by atoms with Gasteiger partial charge in [-0.25, -0.2) is 0 Å². The Morgan fingerprint density at radius 3 is 2.70 bits per heavy atom. The fourth-order valence-electron chi connectivity index (χ4n) is 2.72. The number of aryl methyl sites for hydroxylation is 1. The van der Waals surface area contributed by atoms with Crippen molar-refractivity contribution in [3.8, 4) is 11.9 Å². The van der Waals surface area contributed by atoms with E-state index in [0.29, 0.717) is 11.3 Å². The van der Waals surface area contributed by atoms with E-state index >= 15 is 0 Å². The first-order chi connectivity index (χ1) is 10.8. The maximum absolute atomic E-state index is 13.3. The van der Waals surface area contributed by atoms with Gasteiger partial charge in [0.15, 0.2) is 0 Å². The number of nitrogens with one attached hydrogen (secondary N) is 1. The van der Waals surface area contributed by atoms with Gasteiger partial charge in [-0.15, -0.1) is 5.10 Å². The zero-order valence-corrected chi connectivity index (χ0v) is 11.9. The lowest BCUT2D eigenvalue weighted by Gasteiger charge is -2.26. The lowest BCUT2D eigenvalue weighted by Crippen LogP contribution is -2.23. The van der Waals surface area contributed by atoms with Crippen LogP contribution in [0.2, 0.25) is 0 Å². The molecular weight excluding hydrogens is 309 g/mol. The first kappa shape index (κ1) is 15.0. The number of rotatable bonds is 1. The van der Waals surface area contributed by atoms with Gasteiger partial charge >= 0.3 is 6.18 Å². The summed E-state index contributed by atoms with van der Waals surface area (Å²) in [4.78, 5) is 0. The van der Waals surface area contributed by atoms with Crippen LogP contribution < -0.4 is 10.5 Å². The predicted octanol–water partition coefficient (Wildman–Crippen LogP) is 2.96. The quantitative estimate of drug-likeness (QED) is 0.845. The van der Waals surface area contributed by atoms with Crippen LogP contribution in [0.3, 0.4) is 0 Å². The summed E-state index contributed by atoms with van der Waals surface area (Å²) in [5.74, 6) is -1.14. The van der Waals surface area contributed by atoms with Gasteiger partial charge < -0.3 is 10.5 Å². The molecule has 1 aromatic heterocycles. The van der Waals surface area contributed by atoms with Crippen LogP contribution in [0.25, 0.3) is 0 Å². The summed E-state index contributed by atoms with van der Waals surface area (Å²) in [5, 5.41) is 15.9. The fourth-order valence-corrected chi connectivity index (χ4v) is 2.72. The second kappa shape index (κ2) is 5.05. The molecule has 1 aromatic carbocycles. The number of aromatic amines is 1. The number of fused-ring (bicyclic) bond motifs is 1. The van der Waals surface area contributed by atoms with Gasteiger partial charge in [-0.05, 0) is 18.6 Å². The van der Waals surface area contributed by atoms with E-state index in [1.54, 1.807) is 6.92 Å². The van der Waals surface area contributed by atoms with Gasteiger partial charge in [0.2, 0.25) is 11.8 Å². The SMILES string of the molecule is Cc1[nH]nc2c1C(c1ccccc1C(F)(F)F)C(C#N)=C(N)O2. The molecule has 3 rings (SSSR count). The molecule has 0 aliphatic carbocycles. The molecule has 3 N–H and O–H groups in total. The average Bonchev–Trinajstić information content (AvgIpc) is 2.86. The molecule has 0 radical (unpaired) electrons. The van der Waals surface area contributed by atoms with Gasteiger partial charge in [0.25, 0.3) is 0 Å². The molecule has 0 fully saturated rings. The molecule has 5 nitrogen and oxygen atoms in total. The second-order valence-electron chi connectivity index (χ2n) is 5.08. The van der Waals surface area contributed by atoms with Crippen LogP contribution in [0.15, 0.2) is 35.7 Å².